The first-order valence-corrected chi connectivity index (χ1v) is 12.9. The number of amides is 3. The average Bonchev–Trinajstić information content (AvgIpc) is 3.40. The number of rotatable bonds is 8. The van der Waals surface area contributed by atoms with Gasteiger partial charge in [-0.15, -0.1) is 0 Å². The maximum absolute atomic E-state index is 13.1. The van der Waals surface area contributed by atoms with Crippen molar-refractivity contribution in [3.8, 4) is 0 Å². The third kappa shape index (κ3) is 5.45. The number of nitrogens with zero attached hydrogens (tertiary/aromatic N) is 2. The van der Waals surface area contributed by atoms with Crippen molar-refractivity contribution in [3.05, 3.63) is 112 Å². The molecule has 5 rings (SSSR count). The predicted molar refractivity (Wildman–Crippen MR) is 148 cm³/mol. The van der Waals surface area contributed by atoms with E-state index in [1.807, 2.05) is 78.2 Å². The first-order valence-electron chi connectivity index (χ1n) is 12.1. The summed E-state index contributed by atoms with van der Waals surface area (Å²) in [5.41, 5.74) is 4.03. The van der Waals surface area contributed by atoms with Gasteiger partial charge in [0.1, 0.15) is 6.54 Å². The lowest BCUT2D eigenvalue weighted by atomic mass is 10.1. The molecule has 0 spiro atoms. The number of carbonyl (C=O) groups excluding carboxylic acids is 4. The van der Waals surface area contributed by atoms with Crippen molar-refractivity contribution >= 4 is 51.6 Å². The van der Waals surface area contributed by atoms with Crippen LogP contribution in [0.5, 0.6) is 0 Å². The maximum Gasteiger partial charge on any atom is 0.293 e. The average molecular weight is 524 g/mol. The van der Waals surface area contributed by atoms with Crippen LogP contribution in [-0.4, -0.2) is 38.8 Å². The zero-order valence-corrected chi connectivity index (χ0v) is 21.5. The number of hydrogen-bond acceptors (Lipinski definition) is 5. The van der Waals surface area contributed by atoms with Crippen molar-refractivity contribution in [3.63, 3.8) is 0 Å². The second kappa shape index (κ2) is 10.9. The number of benzene rings is 3. The molecule has 8 heteroatoms. The van der Waals surface area contributed by atoms with Crippen LogP contribution in [-0.2, 0) is 22.7 Å². The van der Waals surface area contributed by atoms with Crippen LogP contribution in [0.25, 0.3) is 17.0 Å². The van der Waals surface area contributed by atoms with Gasteiger partial charge in [-0.05, 0) is 36.4 Å². The van der Waals surface area contributed by atoms with E-state index in [0.717, 1.165) is 38.7 Å². The maximum atomic E-state index is 13.1. The van der Waals surface area contributed by atoms with Gasteiger partial charge in [-0.25, -0.2) is 0 Å². The van der Waals surface area contributed by atoms with Crippen molar-refractivity contribution in [2.75, 3.05) is 6.54 Å². The molecule has 0 unspecified atom stereocenters. The summed E-state index contributed by atoms with van der Waals surface area (Å²) in [6.45, 7) is 2.14. The molecule has 1 aromatic heterocycles. The number of carbonyl (C=O) groups is 4. The van der Waals surface area contributed by atoms with Crippen molar-refractivity contribution in [2.24, 2.45) is 0 Å². The molecule has 190 valence electrons. The number of hydrogen-bond donors (Lipinski definition) is 1. The van der Waals surface area contributed by atoms with Gasteiger partial charge in [0.25, 0.3) is 11.1 Å². The molecule has 1 saturated heterocycles. The summed E-state index contributed by atoms with van der Waals surface area (Å²) in [6, 6.07) is 24.3. The molecule has 0 bridgehead atoms. The van der Waals surface area contributed by atoms with Crippen molar-refractivity contribution < 1.29 is 19.2 Å². The lowest BCUT2D eigenvalue weighted by Crippen LogP contribution is -2.33. The van der Waals surface area contributed by atoms with Crippen LogP contribution in [0.3, 0.4) is 0 Å². The first kappa shape index (κ1) is 25.2. The van der Waals surface area contributed by atoms with Crippen molar-refractivity contribution in [1.29, 1.82) is 0 Å². The molecule has 1 N–H and O–H groups in total. The van der Waals surface area contributed by atoms with E-state index < -0.39 is 11.1 Å². The Morgan fingerprint density at radius 3 is 2.37 bits per heavy atom. The summed E-state index contributed by atoms with van der Waals surface area (Å²) >= 11 is 0.811. The highest BCUT2D eigenvalue weighted by molar-refractivity contribution is 8.18. The number of aromatic nitrogens is 1. The van der Waals surface area contributed by atoms with E-state index in [1.165, 1.54) is 0 Å². The molecule has 0 saturated carbocycles. The lowest BCUT2D eigenvalue weighted by Gasteiger charge is -2.11. The molecule has 0 radical (unpaired) electrons. The molecule has 0 aliphatic carbocycles. The van der Waals surface area contributed by atoms with E-state index in [2.05, 4.69) is 5.32 Å². The predicted octanol–water partition coefficient (Wildman–Crippen LogP) is 5.19. The van der Waals surface area contributed by atoms with Gasteiger partial charge in [0.05, 0.1) is 11.4 Å². The number of Topliss-reactive ketones (excluding diaryl/α,β-unsaturated/α-hetero) is 1. The third-order valence-corrected chi connectivity index (χ3v) is 7.21. The number of thioether (sulfide) groups is 1. The summed E-state index contributed by atoms with van der Waals surface area (Å²) in [4.78, 5) is 52.3. The van der Waals surface area contributed by atoms with Crippen molar-refractivity contribution in [1.82, 2.24) is 14.8 Å². The van der Waals surface area contributed by atoms with Gasteiger partial charge in [-0.1, -0.05) is 78.4 Å². The van der Waals surface area contributed by atoms with E-state index in [-0.39, 0.29) is 29.7 Å². The highest BCUT2D eigenvalue weighted by atomic mass is 32.2. The Kier molecular flexibility index (Phi) is 7.24. The Morgan fingerprint density at radius 1 is 0.895 bits per heavy atom. The Bertz CT molecular complexity index is 1570. The van der Waals surface area contributed by atoms with Crippen molar-refractivity contribution in [2.45, 2.75) is 20.0 Å². The highest BCUT2D eigenvalue weighted by Gasteiger charge is 2.36. The normalized spacial score (nSPS) is 14.4. The first-order chi connectivity index (χ1) is 18.4. The number of aryl methyl sites for hydroxylation is 1. The van der Waals surface area contributed by atoms with Gasteiger partial charge < -0.3 is 9.88 Å². The number of para-hydroxylation sites is 1. The topological polar surface area (TPSA) is 88.5 Å². The summed E-state index contributed by atoms with van der Waals surface area (Å²) < 4.78 is 1.83. The van der Waals surface area contributed by atoms with Gasteiger partial charge in [0.2, 0.25) is 5.91 Å². The molecule has 3 amide bonds. The van der Waals surface area contributed by atoms with E-state index in [0.29, 0.717) is 17.7 Å². The van der Waals surface area contributed by atoms with Crippen LogP contribution in [0.4, 0.5) is 4.79 Å². The summed E-state index contributed by atoms with van der Waals surface area (Å²) in [7, 11) is 0. The lowest BCUT2D eigenvalue weighted by molar-refractivity contribution is -0.123. The second-order valence-electron chi connectivity index (χ2n) is 9.05. The number of ketones is 1. The summed E-state index contributed by atoms with van der Waals surface area (Å²) in [5.74, 6) is -0.944. The molecule has 1 fully saturated rings. The van der Waals surface area contributed by atoms with E-state index in [1.54, 1.807) is 24.4 Å². The minimum Gasteiger partial charge on any atom is -0.350 e. The van der Waals surface area contributed by atoms with Crippen LogP contribution >= 0.6 is 11.8 Å². The van der Waals surface area contributed by atoms with Crippen LogP contribution in [0, 0.1) is 6.92 Å². The molecule has 7 nitrogen and oxygen atoms in total. The molecule has 1 aliphatic rings. The molecule has 1 aliphatic heterocycles. The van der Waals surface area contributed by atoms with Gasteiger partial charge in [0.15, 0.2) is 5.78 Å². The van der Waals surface area contributed by atoms with Gasteiger partial charge in [-0.3, -0.25) is 24.1 Å². The van der Waals surface area contributed by atoms with Crippen LogP contribution in [0.1, 0.15) is 27.0 Å². The highest BCUT2D eigenvalue weighted by Crippen LogP contribution is 2.34. The summed E-state index contributed by atoms with van der Waals surface area (Å²) in [5, 5.41) is 3.30. The Balaban J connectivity index is 1.33. The zero-order chi connectivity index (χ0) is 26.6. The van der Waals surface area contributed by atoms with Crippen LogP contribution in [0.2, 0.25) is 0 Å². The zero-order valence-electron chi connectivity index (χ0n) is 20.7. The van der Waals surface area contributed by atoms with E-state index in [9.17, 15) is 19.2 Å². The van der Waals surface area contributed by atoms with Gasteiger partial charge >= 0.3 is 0 Å². The molecule has 38 heavy (non-hydrogen) atoms. The van der Waals surface area contributed by atoms with E-state index in [4.69, 9.17) is 0 Å². The Labute approximate surface area is 224 Å². The Morgan fingerprint density at radius 2 is 1.61 bits per heavy atom. The van der Waals surface area contributed by atoms with Crippen LogP contribution < -0.4 is 5.32 Å². The van der Waals surface area contributed by atoms with Crippen LogP contribution in [0.15, 0.2) is 90.0 Å². The minimum absolute atomic E-state index is 0.105. The number of imide groups is 1. The van der Waals surface area contributed by atoms with Gasteiger partial charge in [-0.2, -0.15) is 0 Å². The van der Waals surface area contributed by atoms with E-state index >= 15 is 0 Å². The Hall–Kier alpha value is -4.43. The fraction of sp³-hybridized carbons (Fsp3) is 0.133. The smallest absolute Gasteiger partial charge is 0.293 e. The minimum atomic E-state index is -0.502. The van der Waals surface area contributed by atoms with Gasteiger partial charge in [0, 0.05) is 34.8 Å². The molecular weight excluding hydrogens is 498 g/mol. The fourth-order valence-electron chi connectivity index (χ4n) is 4.28. The number of nitrogens with one attached hydrogen (secondary N) is 1. The standard InChI is InChI=1S/C30H25N3O4S/c1-20-11-13-22(14-12-20)26(34)18-33-29(36)27(38-30(33)37)15-23-17-32(25-10-6-5-9-24(23)25)19-28(35)31-16-21-7-3-2-4-8-21/h2-15,17H,16,18-19H2,1H3,(H,31,35)/b27-15-. The quantitative estimate of drug-likeness (QED) is 0.254. The molecule has 3 aromatic carbocycles. The molecule has 4 aromatic rings. The largest absolute Gasteiger partial charge is 0.350 e. The summed E-state index contributed by atoms with van der Waals surface area (Å²) in [6.07, 6.45) is 3.46. The molecule has 0 atom stereocenters. The molecular formula is C30H25N3O4S. The molecule has 2 heterocycles. The monoisotopic (exact) mass is 523 g/mol. The third-order valence-electron chi connectivity index (χ3n) is 6.30. The SMILES string of the molecule is Cc1ccc(C(=O)CN2C(=O)S/C(=C\c3cn(CC(=O)NCc4ccccc4)c4ccccc34)C2=O)cc1. The fourth-order valence-corrected chi connectivity index (χ4v) is 5.11. The second-order valence-corrected chi connectivity index (χ2v) is 10.0. The number of fused-ring (bicyclic) bond motifs is 1.